The van der Waals surface area contributed by atoms with Crippen molar-refractivity contribution in [1.82, 2.24) is 10.2 Å². The van der Waals surface area contributed by atoms with E-state index in [4.69, 9.17) is 0 Å². The molecule has 0 aliphatic carbocycles. The highest BCUT2D eigenvalue weighted by atomic mass is 19.1. The first-order chi connectivity index (χ1) is 12.5. The fourth-order valence-electron chi connectivity index (χ4n) is 1.92. The van der Waals surface area contributed by atoms with Crippen molar-refractivity contribution >= 4 is 12.2 Å². The van der Waals surface area contributed by atoms with Gasteiger partial charge in [-0.25, -0.2) is 4.39 Å². The molecule has 0 aliphatic heterocycles. The van der Waals surface area contributed by atoms with Gasteiger partial charge in [0.15, 0.2) is 0 Å². The third-order valence-corrected chi connectivity index (χ3v) is 3.35. The third kappa shape index (κ3) is 7.80. The molecule has 1 aromatic carbocycles. The second-order valence-electron chi connectivity index (χ2n) is 5.98. The van der Waals surface area contributed by atoms with Gasteiger partial charge in [0.2, 0.25) is 0 Å². The van der Waals surface area contributed by atoms with Crippen molar-refractivity contribution in [2.75, 3.05) is 27.3 Å². The summed E-state index contributed by atoms with van der Waals surface area (Å²) in [5.74, 6) is 6.35. The van der Waals surface area contributed by atoms with Crippen molar-refractivity contribution in [3.63, 3.8) is 0 Å². The highest BCUT2D eigenvalue weighted by Gasteiger charge is 2.10. The number of carbonyl (C=O) groups is 1. The Labute approximate surface area is 155 Å². The van der Waals surface area contributed by atoms with Crippen molar-refractivity contribution in [3.05, 3.63) is 59.3 Å². The van der Waals surface area contributed by atoms with Crippen LogP contribution < -0.4 is 5.32 Å². The number of hydrogen-bond acceptors (Lipinski definition) is 2. The molecule has 1 amide bonds. The molecule has 0 spiro atoms. The monoisotopic (exact) mass is 355 g/mol. The Morgan fingerprint density at radius 3 is 2.62 bits per heavy atom. The minimum absolute atomic E-state index is 0.0864. The number of nitrogens with zero attached hydrogens (tertiary/aromatic N) is 2. The first kappa shape index (κ1) is 21.2. The molecule has 0 fully saturated rings. The van der Waals surface area contributed by atoms with Gasteiger partial charge in [0.25, 0.3) is 5.91 Å². The molecular formula is C21H26FN3O. The number of hydrogen-bond donors (Lipinski definition) is 1. The number of alkyl halides is 1. The van der Waals surface area contributed by atoms with E-state index in [1.54, 1.807) is 44.7 Å². The molecule has 0 atom stereocenters. The van der Waals surface area contributed by atoms with Gasteiger partial charge in [-0.05, 0) is 42.2 Å². The third-order valence-electron chi connectivity index (χ3n) is 3.35. The minimum atomic E-state index is -0.555. The topological polar surface area (TPSA) is 44.7 Å². The standard InChI is InChI=1S/C21H26FN3O/c1-17(2)6-5-7-20(24-16-23-3)13-10-18-8-11-19(12-9-18)21(26)25(4)15-14-22/h5-9,11-12,16-17H,14-15H2,1-4H3,(H,23,24)/b6-5+,20-7-. The van der Waals surface area contributed by atoms with Gasteiger partial charge in [0.1, 0.15) is 6.67 Å². The van der Waals surface area contributed by atoms with Crippen molar-refractivity contribution in [3.8, 4) is 11.8 Å². The molecule has 4 nitrogen and oxygen atoms in total. The van der Waals surface area contributed by atoms with Crippen LogP contribution in [0.4, 0.5) is 4.39 Å². The molecule has 1 rings (SSSR count). The molecule has 1 N–H and O–H groups in total. The van der Waals surface area contributed by atoms with Crippen LogP contribution >= 0.6 is 0 Å². The Bertz CT molecular complexity index is 722. The predicted octanol–water partition coefficient (Wildman–Crippen LogP) is 3.42. The zero-order valence-corrected chi connectivity index (χ0v) is 15.8. The smallest absolute Gasteiger partial charge is 0.253 e. The molecule has 26 heavy (non-hydrogen) atoms. The molecular weight excluding hydrogens is 329 g/mol. The van der Waals surface area contributed by atoms with Crippen LogP contribution in [0.2, 0.25) is 0 Å². The summed E-state index contributed by atoms with van der Waals surface area (Å²) in [4.78, 5) is 17.3. The van der Waals surface area contributed by atoms with E-state index < -0.39 is 6.67 Å². The number of amides is 1. The quantitative estimate of drug-likeness (QED) is 0.352. The first-order valence-corrected chi connectivity index (χ1v) is 8.47. The van der Waals surface area contributed by atoms with E-state index in [-0.39, 0.29) is 12.5 Å². The van der Waals surface area contributed by atoms with E-state index in [1.807, 2.05) is 12.2 Å². The summed E-state index contributed by atoms with van der Waals surface area (Å²) < 4.78 is 12.3. The summed E-state index contributed by atoms with van der Waals surface area (Å²) in [6.45, 7) is 3.73. The number of benzene rings is 1. The van der Waals surface area contributed by atoms with Gasteiger partial charge in [-0.1, -0.05) is 31.9 Å². The molecule has 0 unspecified atom stereocenters. The predicted molar refractivity (Wildman–Crippen MR) is 106 cm³/mol. The molecule has 0 heterocycles. The maximum atomic E-state index is 12.3. The van der Waals surface area contributed by atoms with Crippen LogP contribution in [0.15, 0.2) is 53.2 Å². The Hall–Kier alpha value is -2.87. The molecule has 0 aliphatic rings. The summed E-state index contributed by atoms with van der Waals surface area (Å²) in [6.07, 6.45) is 7.49. The van der Waals surface area contributed by atoms with Crippen LogP contribution in [0, 0.1) is 17.8 Å². The molecule has 0 saturated heterocycles. The van der Waals surface area contributed by atoms with Crippen LogP contribution in [0.1, 0.15) is 29.8 Å². The van der Waals surface area contributed by atoms with Crippen LogP contribution in [0.3, 0.4) is 0 Å². The number of allylic oxidation sites excluding steroid dienone is 4. The lowest BCUT2D eigenvalue weighted by Crippen LogP contribution is -2.28. The van der Waals surface area contributed by atoms with E-state index in [1.165, 1.54) is 4.90 Å². The molecule has 5 heteroatoms. The molecule has 138 valence electrons. The number of aliphatic imine (C=N–C) groups is 1. The van der Waals surface area contributed by atoms with E-state index >= 15 is 0 Å². The van der Waals surface area contributed by atoms with Crippen LogP contribution in [-0.2, 0) is 0 Å². The van der Waals surface area contributed by atoms with E-state index in [9.17, 15) is 9.18 Å². The lowest BCUT2D eigenvalue weighted by atomic mass is 10.1. The largest absolute Gasteiger partial charge is 0.340 e. The lowest BCUT2D eigenvalue weighted by molar-refractivity contribution is 0.0786. The van der Waals surface area contributed by atoms with Crippen molar-refractivity contribution in [2.45, 2.75) is 13.8 Å². The van der Waals surface area contributed by atoms with Gasteiger partial charge in [0.05, 0.1) is 12.0 Å². The zero-order chi connectivity index (χ0) is 19.4. The van der Waals surface area contributed by atoms with Gasteiger partial charge >= 0.3 is 0 Å². The Morgan fingerprint density at radius 1 is 1.35 bits per heavy atom. The van der Waals surface area contributed by atoms with Crippen LogP contribution in [-0.4, -0.2) is 44.5 Å². The molecule has 0 radical (unpaired) electrons. The van der Waals surface area contributed by atoms with Gasteiger partial charge in [-0.15, -0.1) is 0 Å². The first-order valence-electron chi connectivity index (χ1n) is 8.47. The maximum absolute atomic E-state index is 12.3. The van der Waals surface area contributed by atoms with Gasteiger partial charge in [-0.2, -0.15) is 0 Å². The average Bonchev–Trinajstić information content (AvgIpc) is 2.63. The van der Waals surface area contributed by atoms with Gasteiger partial charge in [-0.3, -0.25) is 9.79 Å². The summed E-state index contributed by atoms with van der Waals surface area (Å²) in [5.41, 5.74) is 2.01. The summed E-state index contributed by atoms with van der Waals surface area (Å²) in [6, 6.07) is 6.95. The Kier molecular flexibility index (Phi) is 9.48. The number of nitrogens with one attached hydrogen (secondary N) is 1. The van der Waals surface area contributed by atoms with Crippen LogP contribution in [0.5, 0.6) is 0 Å². The summed E-state index contributed by atoms with van der Waals surface area (Å²) in [7, 11) is 3.26. The SMILES string of the molecule is CN=CN/C(C#Cc1ccc(C(=O)N(C)CCF)cc1)=C\C=C\C(C)C. The van der Waals surface area contributed by atoms with Gasteiger partial charge < -0.3 is 10.2 Å². The van der Waals surface area contributed by atoms with E-state index in [0.29, 0.717) is 11.5 Å². The number of carbonyl (C=O) groups excluding carboxylic acids is 1. The summed E-state index contributed by atoms with van der Waals surface area (Å²) in [5, 5.41) is 3.02. The lowest BCUT2D eigenvalue weighted by Gasteiger charge is -2.14. The zero-order valence-electron chi connectivity index (χ0n) is 15.8. The van der Waals surface area contributed by atoms with Gasteiger partial charge in [0, 0.05) is 31.8 Å². The van der Waals surface area contributed by atoms with E-state index in [2.05, 4.69) is 42.1 Å². The number of halogens is 1. The minimum Gasteiger partial charge on any atom is -0.340 e. The van der Waals surface area contributed by atoms with Crippen molar-refractivity contribution in [1.29, 1.82) is 0 Å². The highest BCUT2D eigenvalue weighted by molar-refractivity contribution is 5.94. The van der Waals surface area contributed by atoms with Crippen LogP contribution in [0.25, 0.3) is 0 Å². The molecule has 1 aromatic rings. The highest BCUT2D eigenvalue weighted by Crippen LogP contribution is 2.06. The Morgan fingerprint density at radius 2 is 2.04 bits per heavy atom. The van der Waals surface area contributed by atoms with Crippen molar-refractivity contribution in [2.24, 2.45) is 10.9 Å². The molecule has 0 bridgehead atoms. The fraction of sp³-hybridized carbons (Fsp3) is 0.333. The molecule has 0 saturated carbocycles. The second-order valence-corrected chi connectivity index (χ2v) is 5.98. The summed E-state index contributed by atoms with van der Waals surface area (Å²) >= 11 is 0. The fourth-order valence-corrected chi connectivity index (χ4v) is 1.92. The normalized spacial score (nSPS) is 11.7. The Balaban J connectivity index is 2.90. The van der Waals surface area contributed by atoms with E-state index in [0.717, 1.165) is 11.3 Å². The van der Waals surface area contributed by atoms with Crippen molar-refractivity contribution < 1.29 is 9.18 Å². The maximum Gasteiger partial charge on any atom is 0.253 e. The average molecular weight is 355 g/mol. The number of rotatable bonds is 7. The second kappa shape index (κ2) is 11.6. The molecule has 0 aromatic heterocycles.